The minimum atomic E-state index is -4.34. The fraction of sp³-hybridized carbons (Fsp3) is 0.533. The van der Waals surface area contributed by atoms with Crippen LogP contribution in [0.1, 0.15) is 43.3 Å². The number of halogens is 3. The summed E-state index contributed by atoms with van der Waals surface area (Å²) in [5.41, 5.74) is -0.0272. The van der Waals surface area contributed by atoms with Crippen molar-refractivity contribution in [1.82, 2.24) is 25.5 Å². The zero-order valence-corrected chi connectivity index (χ0v) is 13.3. The number of hydrogen-bond donors (Lipinski definition) is 1. The van der Waals surface area contributed by atoms with Gasteiger partial charge in [0.05, 0.1) is 19.2 Å². The zero-order chi connectivity index (χ0) is 17.0. The van der Waals surface area contributed by atoms with Gasteiger partial charge in [-0.25, -0.2) is 0 Å². The maximum Gasteiger partial charge on any atom is 0.416 e. The smallest absolute Gasteiger partial charge is 0.303 e. The van der Waals surface area contributed by atoms with Crippen LogP contribution in [0.25, 0.3) is 0 Å². The molecule has 1 aromatic carbocycles. The topological polar surface area (TPSA) is 55.6 Å². The van der Waals surface area contributed by atoms with Crippen LogP contribution in [0.3, 0.4) is 0 Å². The van der Waals surface area contributed by atoms with E-state index in [0.29, 0.717) is 30.3 Å². The molecular weight excluding hydrogens is 307 g/mol. The van der Waals surface area contributed by atoms with Crippen molar-refractivity contribution in [3.8, 4) is 0 Å². The van der Waals surface area contributed by atoms with Gasteiger partial charge in [-0.1, -0.05) is 26.0 Å². The molecule has 1 N–H and O–H groups in total. The Morgan fingerprint density at radius 1 is 1.26 bits per heavy atom. The number of alkyl halides is 3. The van der Waals surface area contributed by atoms with E-state index >= 15 is 0 Å². The number of hydrogen-bond acceptors (Lipinski definition) is 4. The summed E-state index contributed by atoms with van der Waals surface area (Å²) >= 11 is 0. The standard InChI is InChI=1S/C15H20F3N5/c1-10(2)7-13(19-9-14-20-22-23(3)21-14)11-5-4-6-12(8-11)15(16,17)18/h4-6,8,10,13,19H,7,9H2,1-3H3/t13-/m1/s1. The number of nitrogens with one attached hydrogen (secondary N) is 1. The molecule has 0 unspecified atom stereocenters. The first-order chi connectivity index (χ1) is 10.8. The Labute approximate surface area is 132 Å². The molecule has 8 heteroatoms. The number of nitrogens with zero attached hydrogens (tertiary/aromatic N) is 4. The van der Waals surface area contributed by atoms with E-state index in [0.717, 1.165) is 6.07 Å². The van der Waals surface area contributed by atoms with Gasteiger partial charge in [0.25, 0.3) is 0 Å². The Balaban J connectivity index is 2.17. The lowest BCUT2D eigenvalue weighted by Gasteiger charge is -2.21. The molecule has 0 radical (unpaired) electrons. The van der Waals surface area contributed by atoms with E-state index in [-0.39, 0.29) is 6.04 Å². The fourth-order valence-electron chi connectivity index (χ4n) is 2.35. The second kappa shape index (κ2) is 7.08. The highest BCUT2D eigenvalue weighted by molar-refractivity contribution is 5.28. The van der Waals surface area contributed by atoms with E-state index in [4.69, 9.17) is 0 Å². The molecule has 0 aliphatic heterocycles. The maximum absolute atomic E-state index is 12.9. The van der Waals surface area contributed by atoms with Crippen LogP contribution in [0.2, 0.25) is 0 Å². The normalized spacial score (nSPS) is 13.5. The molecule has 1 atom stereocenters. The number of aromatic nitrogens is 4. The Morgan fingerprint density at radius 3 is 2.57 bits per heavy atom. The third-order valence-electron chi connectivity index (χ3n) is 3.38. The lowest BCUT2D eigenvalue weighted by molar-refractivity contribution is -0.137. The summed E-state index contributed by atoms with van der Waals surface area (Å²) in [5.74, 6) is 0.838. The van der Waals surface area contributed by atoms with E-state index < -0.39 is 11.7 Å². The summed E-state index contributed by atoms with van der Waals surface area (Å²) in [7, 11) is 1.66. The summed E-state index contributed by atoms with van der Waals surface area (Å²) in [6.45, 7) is 4.41. The van der Waals surface area contributed by atoms with E-state index in [1.807, 2.05) is 13.8 Å². The fourth-order valence-corrected chi connectivity index (χ4v) is 2.35. The van der Waals surface area contributed by atoms with Crippen molar-refractivity contribution in [2.24, 2.45) is 13.0 Å². The lowest BCUT2D eigenvalue weighted by atomic mass is 9.95. The summed E-state index contributed by atoms with van der Waals surface area (Å²) in [6, 6.07) is 5.22. The Hall–Kier alpha value is -1.96. The van der Waals surface area contributed by atoms with E-state index in [9.17, 15) is 13.2 Å². The van der Waals surface area contributed by atoms with Crippen LogP contribution in [-0.4, -0.2) is 20.2 Å². The molecule has 0 saturated heterocycles. The molecule has 1 aromatic heterocycles. The Bertz CT molecular complexity index is 636. The molecule has 23 heavy (non-hydrogen) atoms. The second-order valence-corrected chi connectivity index (χ2v) is 5.88. The predicted molar refractivity (Wildman–Crippen MR) is 79.3 cm³/mol. The molecule has 126 valence electrons. The molecule has 0 fully saturated rings. The summed E-state index contributed by atoms with van der Waals surface area (Å²) in [5, 5.41) is 14.9. The Morgan fingerprint density at radius 2 is 2.00 bits per heavy atom. The van der Waals surface area contributed by atoms with Crippen molar-refractivity contribution in [3.05, 3.63) is 41.2 Å². The van der Waals surface area contributed by atoms with Gasteiger partial charge < -0.3 is 5.32 Å². The molecule has 2 aromatic rings. The van der Waals surface area contributed by atoms with Crippen molar-refractivity contribution in [2.45, 2.75) is 39.0 Å². The van der Waals surface area contributed by atoms with Gasteiger partial charge in [0.1, 0.15) is 0 Å². The molecule has 0 bridgehead atoms. The molecule has 0 spiro atoms. The van der Waals surface area contributed by atoms with Crippen molar-refractivity contribution in [3.63, 3.8) is 0 Å². The number of tetrazole rings is 1. The highest BCUT2D eigenvalue weighted by atomic mass is 19.4. The minimum absolute atomic E-state index is 0.207. The van der Waals surface area contributed by atoms with Crippen LogP contribution in [0, 0.1) is 5.92 Å². The van der Waals surface area contributed by atoms with Crippen LogP contribution < -0.4 is 5.32 Å². The van der Waals surface area contributed by atoms with E-state index in [2.05, 4.69) is 20.7 Å². The van der Waals surface area contributed by atoms with Gasteiger partial charge in [-0.15, -0.1) is 10.2 Å². The van der Waals surface area contributed by atoms with E-state index in [1.54, 1.807) is 13.1 Å². The van der Waals surface area contributed by atoms with Crippen LogP contribution in [0.4, 0.5) is 13.2 Å². The minimum Gasteiger partial charge on any atom is -0.303 e. The molecule has 2 rings (SSSR count). The van der Waals surface area contributed by atoms with Crippen molar-refractivity contribution >= 4 is 0 Å². The van der Waals surface area contributed by atoms with Gasteiger partial charge >= 0.3 is 6.18 Å². The van der Waals surface area contributed by atoms with Crippen LogP contribution in [0.5, 0.6) is 0 Å². The zero-order valence-electron chi connectivity index (χ0n) is 13.3. The predicted octanol–water partition coefficient (Wildman–Crippen LogP) is 3.11. The number of rotatable bonds is 6. The first-order valence-electron chi connectivity index (χ1n) is 7.39. The van der Waals surface area contributed by atoms with Crippen LogP contribution in [0.15, 0.2) is 24.3 Å². The highest BCUT2D eigenvalue weighted by Crippen LogP contribution is 2.32. The van der Waals surface area contributed by atoms with Crippen molar-refractivity contribution < 1.29 is 13.2 Å². The summed E-state index contributed by atoms with van der Waals surface area (Å²) in [4.78, 5) is 1.35. The van der Waals surface area contributed by atoms with Crippen LogP contribution >= 0.6 is 0 Å². The van der Waals surface area contributed by atoms with Gasteiger partial charge in [-0.2, -0.15) is 18.0 Å². The van der Waals surface area contributed by atoms with Crippen molar-refractivity contribution in [2.75, 3.05) is 0 Å². The van der Waals surface area contributed by atoms with Gasteiger partial charge in [-0.3, -0.25) is 0 Å². The molecule has 0 aliphatic rings. The third kappa shape index (κ3) is 5.02. The van der Waals surface area contributed by atoms with Gasteiger partial charge in [0.2, 0.25) is 0 Å². The lowest BCUT2D eigenvalue weighted by Crippen LogP contribution is -2.23. The molecule has 1 heterocycles. The molecule has 0 saturated carbocycles. The highest BCUT2D eigenvalue weighted by Gasteiger charge is 2.31. The average molecular weight is 327 g/mol. The van der Waals surface area contributed by atoms with Gasteiger partial charge in [0.15, 0.2) is 5.82 Å². The first kappa shape index (κ1) is 17.4. The molecular formula is C15H20F3N5. The van der Waals surface area contributed by atoms with Crippen LogP contribution in [-0.2, 0) is 19.8 Å². The largest absolute Gasteiger partial charge is 0.416 e. The SMILES string of the molecule is CC(C)C[C@@H](NCc1nnn(C)n1)c1cccc(C(F)(F)F)c1. The molecule has 0 amide bonds. The van der Waals surface area contributed by atoms with Gasteiger partial charge in [-0.05, 0) is 35.2 Å². The third-order valence-corrected chi connectivity index (χ3v) is 3.38. The quantitative estimate of drug-likeness (QED) is 0.886. The first-order valence-corrected chi connectivity index (χ1v) is 7.39. The van der Waals surface area contributed by atoms with Crippen molar-refractivity contribution in [1.29, 1.82) is 0 Å². The summed E-state index contributed by atoms with van der Waals surface area (Å²) in [6.07, 6.45) is -3.63. The molecule has 5 nitrogen and oxygen atoms in total. The Kier molecular flexibility index (Phi) is 5.35. The second-order valence-electron chi connectivity index (χ2n) is 5.88. The monoisotopic (exact) mass is 327 g/mol. The maximum atomic E-state index is 12.9. The number of benzene rings is 1. The van der Waals surface area contributed by atoms with E-state index in [1.165, 1.54) is 16.9 Å². The average Bonchev–Trinajstić information content (AvgIpc) is 2.88. The molecule has 0 aliphatic carbocycles. The summed E-state index contributed by atoms with van der Waals surface area (Å²) < 4.78 is 38.7. The number of aryl methyl sites for hydroxylation is 1. The van der Waals surface area contributed by atoms with Gasteiger partial charge in [0, 0.05) is 6.04 Å².